The number of carboxylic acid groups (broad SMARTS) is 1. The van der Waals surface area contributed by atoms with E-state index in [1.807, 2.05) is 30.3 Å². The monoisotopic (exact) mass is 552 g/mol. The molecule has 1 aromatic heterocycles. The van der Waals surface area contributed by atoms with Crippen LogP contribution in [0.5, 0.6) is 0 Å². The summed E-state index contributed by atoms with van der Waals surface area (Å²) in [5.74, 6) is -2.68. The Balaban J connectivity index is 1.50. The zero-order chi connectivity index (χ0) is 27.1. The molecule has 194 valence electrons. The van der Waals surface area contributed by atoms with Gasteiger partial charge in [0.1, 0.15) is 18.1 Å². The predicted octanol–water partition coefficient (Wildman–Crippen LogP) is 2.49. The Labute approximate surface area is 224 Å². The van der Waals surface area contributed by atoms with Crippen LogP contribution in [0, 0.1) is 0 Å². The van der Waals surface area contributed by atoms with Crippen molar-refractivity contribution in [2.24, 2.45) is 0 Å². The minimum atomic E-state index is -1.84. The Bertz CT molecular complexity index is 1470. The molecule has 0 fully saturated rings. The van der Waals surface area contributed by atoms with Crippen molar-refractivity contribution in [3.8, 4) is 5.69 Å². The Hall–Kier alpha value is -4.42. The highest BCUT2D eigenvalue weighted by Gasteiger charge is 2.24. The number of aromatic nitrogens is 4. The summed E-state index contributed by atoms with van der Waals surface area (Å²) in [6.45, 7) is 0. The molecule has 11 nitrogen and oxygen atoms in total. The summed E-state index contributed by atoms with van der Waals surface area (Å²) in [5, 5.41) is 25.7. The fourth-order valence-corrected chi connectivity index (χ4v) is 4.92. The van der Waals surface area contributed by atoms with Gasteiger partial charge in [-0.05, 0) is 58.5 Å². The third kappa shape index (κ3) is 6.87. The minimum Gasteiger partial charge on any atom is -0.478 e. The summed E-state index contributed by atoms with van der Waals surface area (Å²) < 4.78 is 14.5. The highest BCUT2D eigenvalue weighted by Crippen LogP contribution is 2.22. The topological polar surface area (TPSA) is 156 Å². The standard InChI is InChI=1S/C25H21ClN6O5S/c26-18-8-11-21(32-15-27-30-31-32)22(13-18)38(37)14-23(33)29-20(12-16-4-2-1-3-5-16)24(34)28-19-9-6-17(7-10-19)25(35)36/h1-11,13,15,20H,12,14H2,(H,28,34)(H,29,33)(H,35,36)/t20?,38-/m0/s1. The normalized spacial score (nSPS) is 12.3. The van der Waals surface area contributed by atoms with E-state index in [-0.39, 0.29) is 16.9 Å². The van der Waals surface area contributed by atoms with Gasteiger partial charge in [-0.2, -0.15) is 4.68 Å². The van der Waals surface area contributed by atoms with Crippen LogP contribution >= 0.6 is 11.6 Å². The molecule has 0 radical (unpaired) electrons. The molecule has 1 heterocycles. The molecule has 0 saturated carbocycles. The number of hydrogen-bond acceptors (Lipinski definition) is 7. The summed E-state index contributed by atoms with van der Waals surface area (Å²) in [7, 11) is -1.84. The number of carbonyl (C=O) groups is 3. The number of halogens is 1. The van der Waals surface area contributed by atoms with Crippen LogP contribution in [0.3, 0.4) is 0 Å². The maximum absolute atomic E-state index is 13.2. The van der Waals surface area contributed by atoms with Crippen LogP contribution in [0.25, 0.3) is 5.69 Å². The summed E-state index contributed by atoms with van der Waals surface area (Å²) in [4.78, 5) is 37.4. The van der Waals surface area contributed by atoms with E-state index in [0.29, 0.717) is 16.4 Å². The number of carbonyl (C=O) groups excluding carboxylic acids is 2. The van der Waals surface area contributed by atoms with Gasteiger partial charge in [0.2, 0.25) is 11.8 Å². The second kappa shape index (κ2) is 12.2. The summed E-state index contributed by atoms with van der Waals surface area (Å²) >= 11 is 6.10. The molecule has 2 amide bonds. The molecule has 13 heteroatoms. The van der Waals surface area contributed by atoms with Gasteiger partial charge in [0.25, 0.3) is 0 Å². The number of amides is 2. The van der Waals surface area contributed by atoms with E-state index >= 15 is 0 Å². The van der Waals surface area contributed by atoms with Crippen molar-refractivity contribution in [3.05, 3.63) is 95.3 Å². The molecule has 0 aliphatic carbocycles. The molecule has 0 bridgehead atoms. The van der Waals surface area contributed by atoms with Gasteiger partial charge in [0.15, 0.2) is 0 Å². The van der Waals surface area contributed by atoms with Gasteiger partial charge in [-0.15, -0.1) is 5.10 Å². The zero-order valence-corrected chi connectivity index (χ0v) is 21.2. The van der Waals surface area contributed by atoms with Crippen molar-refractivity contribution in [3.63, 3.8) is 0 Å². The molecule has 3 aromatic carbocycles. The van der Waals surface area contributed by atoms with E-state index in [4.69, 9.17) is 16.7 Å². The second-order valence-corrected chi connectivity index (χ2v) is 9.89. The van der Waals surface area contributed by atoms with E-state index in [0.717, 1.165) is 5.56 Å². The van der Waals surface area contributed by atoms with Crippen LogP contribution in [0.2, 0.25) is 5.02 Å². The average molecular weight is 553 g/mol. The lowest BCUT2D eigenvalue weighted by atomic mass is 10.0. The molecule has 3 N–H and O–H groups in total. The third-order valence-corrected chi connectivity index (χ3v) is 6.94. The van der Waals surface area contributed by atoms with Crippen LogP contribution in [0.15, 0.2) is 84.0 Å². The summed E-state index contributed by atoms with van der Waals surface area (Å²) in [6.07, 6.45) is 1.50. The van der Waals surface area contributed by atoms with Crippen molar-refractivity contribution < 1.29 is 23.7 Å². The van der Waals surface area contributed by atoms with Gasteiger partial charge in [-0.1, -0.05) is 41.9 Å². The third-order valence-electron chi connectivity index (χ3n) is 5.36. The molecule has 0 saturated heterocycles. The van der Waals surface area contributed by atoms with Crippen molar-refractivity contribution in [2.75, 3.05) is 11.1 Å². The van der Waals surface area contributed by atoms with Crippen LogP contribution in [0.4, 0.5) is 5.69 Å². The van der Waals surface area contributed by atoms with Crippen LogP contribution in [-0.2, 0) is 26.8 Å². The number of rotatable bonds is 10. The van der Waals surface area contributed by atoms with Crippen LogP contribution in [0.1, 0.15) is 15.9 Å². The average Bonchev–Trinajstić information content (AvgIpc) is 3.44. The maximum Gasteiger partial charge on any atom is 0.335 e. The predicted molar refractivity (Wildman–Crippen MR) is 140 cm³/mol. The van der Waals surface area contributed by atoms with Gasteiger partial charge >= 0.3 is 5.97 Å². The fourth-order valence-electron chi connectivity index (χ4n) is 3.55. The van der Waals surface area contributed by atoms with Crippen LogP contribution < -0.4 is 10.6 Å². The molecule has 0 aliphatic rings. The van der Waals surface area contributed by atoms with Crippen LogP contribution in [-0.4, -0.2) is 59.1 Å². The maximum atomic E-state index is 13.2. The van der Waals surface area contributed by atoms with Crippen molar-refractivity contribution in [1.82, 2.24) is 25.5 Å². The lowest BCUT2D eigenvalue weighted by Crippen LogP contribution is -2.46. The van der Waals surface area contributed by atoms with Gasteiger partial charge in [0.05, 0.1) is 26.9 Å². The first-order valence-electron chi connectivity index (χ1n) is 11.2. The lowest BCUT2D eigenvalue weighted by Gasteiger charge is -2.19. The molecule has 0 aliphatic heterocycles. The molecule has 2 atom stereocenters. The first kappa shape index (κ1) is 26.6. The molecule has 0 spiro atoms. The summed E-state index contributed by atoms with van der Waals surface area (Å²) in [6, 6.07) is 18.4. The van der Waals surface area contributed by atoms with Gasteiger partial charge in [-0.3, -0.25) is 13.8 Å². The lowest BCUT2D eigenvalue weighted by molar-refractivity contribution is -0.124. The first-order valence-corrected chi connectivity index (χ1v) is 12.9. The van der Waals surface area contributed by atoms with E-state index in [1.54, 1.807) is 12.1 Å². The van der Waals surface area contributed by atoms with E-state index in [1.165, 1.54) is 41.3 Å². The SMILES string of the molecule is O=C(C[S@](=O)c1cc(Cl)ccc1-n1cnnn1)NC(Cc1ccccc1)C(=O)Nc1ccc(C(=O)O)cc1. The Morgan fingerprint density at radius 2 is 1.76 bits per heavy atom. The highest BCUT2D eigenvalue weighted by atomic mass is 35.5. The van der Waals surface area contributed by atoms with Gasteiger partial charge in [-0.25, -0.2) is 4.79 Å². The van der Waals surface area contributed by atoms with Crippen molar-refractivity contribution >= 4 is 45.9 Å². The molecule has 4 rings (SSSR count). The van der Waals surface area contributed by atoms with E-state index in [2.05, 4.69) is 26.2 Å². The number of carboxylic acids is 1. The largest absolute Gasteiger partial charge is 0.478 e. The van der Waals surface area contributed by atoms with Crippen molar-refractivity contribution in [2.45, 2.75) is 17.4 Å². The van der Waals surface area contributed by atoms with E-state index in [9.17, 15) is 18.6 Å². The number of aromatic carboxylic acids is 1. The molecule has 4 aromatic rings. The second-order valence-electron chi connectivity index (χ2n) is 8.04. The first-order chi connectivity index (χ1) is 18.3. The molecule has 38 heavy (non-hydrogen) atoms. The highest BCUT2D eigenvalue weighted by molar-refractivity contribution is 7.86. The molecular formula is C25H21ClN6O5S. The number of anilines is 1. The molecule has 1 unspecified atom stereocenters. The number of nitrogens with one attached hydrogen (secondary N) is 2. The van der Waals surface area contributed by atoms with E-state index < -0.39 is 40.4 Å². The zero-order valence-electron chi connectivity index (χ0n) is 19.7. The number of tetrazole rings is 1. The number of hydrogen-bond donors (Lipinski definition) is 3. The fraction of sp³-hybridized carbons (Fsp3) is 0.120. The number of nitrogens with zero attached hydrogens (tertiary/aromatic N) is 4. The minimum absolute atomic E-state index is 0.0710. The van der Waals surface area contributed by atoms with Gasteiger partial charge < -0.3 is 15.7 Å². The quantitative estimate of drug-likeness (QED) is 0.271. The summed E-state index contributed by atoms with van der Waals surface area (Å²) in [5.41, 5.74) is 1.63. The van der Waals surface area contributed by atoms with Gasteiger partial charge in [0, 0.05) is 17.1 Å². The van der Waals surface area contributed by atoms with Crippen molar-refractivity contribution in [1.29, 1.82) is 0 Å². The Kier molecular flexibility index (Phi) is 8.56. The smallest absolute Gasteiger partial charge is 0.335 e. The number of benzene rings is 3. The molecular weight excluding hydrogens is 532 g/mol. The Morgan fingerprint density at radius 3 is 2.42 bits per heavy atom. The Morgan fingerprint density at radius 1 is 1.03 bits per heavy atom.